The standard InChI is InChI=1S/C37H32N4O12S4.2Na/c1-3-41(26-10-6-4-7-11-26)55(45,46)29-18-19-33(53-27-12-8-5-9-13-27)31(22-29)38-39-36-34(57(50,51)52)21-25-20-30(56(47,48)49)23-32(35(25)37(36)42)40-54(43,44)28-16-14-24(2)15-17-28;;/h4-23,40,42H,3H2,1-2H3,(H,47,48,49)(H,50,51,52);;/q;2*+1/p-2. The van der Waals surface area contributed by atoms with Crippen LogP contribution in [0, 0.1) is 6.92 Å². The SMILES string of the molecule is CCN(c1ccccc1)S(=O)(=O)c1ccc(Oc2ccccc2)c(N=Nc2c(S(=O)(=O)[O-])cc3cc(S(=O)(=O)[O-])cc(NS(=O)(=O)c4ccc(C)cc4)c3c2O)c1.[Na+].[Na+]. The molecule has 0 saturated heterocycles. The van der Waals surface area contributed by atoms with Crippen molar-refractivity contribution < 1.29 is 112 Å². The minimum atomic E-state index is -5.59. The van der Waals surface area contributed by atoms with Crippen molar-refractivity contribution in [3.63, 3.8) is 0 Å². The molecule has 0 heterocycles. The van der Waals surface area contributed by atoms with Crippen molar-refractivity contribution in [1.82, 2.24) is 0 Å². The van der Waals surface area contributed by atoms with Crippen molar-refractivity contribution in [2.24, 2.45) is 10.2 Å². The molecule has 0 aliphatic rings. The van der Waals surface area contributed by atoms with Crippen molar-refractivity contribution in [2.75, 3.05) is 15.6 Å². The molecular weight excluding hydrogens is 867 g/mol. The molecule has 0 saturated carbocycles. The Morgan fingerprint density at radius 1 is 0.695 bits per heavy atom. The van der Waals surface area contributed by atoms with Gasteiger partial charge in [-0.3, -0.25) is 9.03 Å². The first-order chi connectivity index (χ1) is 26.8. The summed E-state index contributed by atoms with van der Waals surface area (Å²) in [7, 11) is -19.8. The van der Waals surface area contributed by atoms with Crippen molar-refractivity contribution >= 4 is 73.8 Å². The van der Waals surface area contributed by atoms with Gasteiger partial charge < -0.3 is 18.9 Å². The maximum Gasteiger partial charge on any atom is 1.00 e. The Labute approximate surface area is 385 Å². The molecule has 0 aromatic heterocycles. The molecule has 0 aliphatic heterocycles. The second kappa shape index (κ2) is 18.8. The third-order valence-electron chi connectivity index (χ3n) is 8.34. The Bertz CT molecular complexity index is 3000. The Hall–Kier alpha value is -3.90. The number of hydrogen-bond donors (Lipinski definition) is 2. The van der Waals surface area contributed by atoms with E-state index in [1.807, 2.05) is 0 Å². The number of ether oxygens (including phenoxy) is 1. The van der Waals surface area contributed by atoms with Gasteiger partial charge in [-0.1, -0.05) is 54.1 Å². The second-order valence-corrected chi connectivity index (χ2v) is 18.5. The summed E-state index contributed by atoms with van der Waals surface area (Å²) in [5, 5.41) is 18.4. The first-order valence-electron chi connectivity index (χ1n) is 16.5. The van der Waals surface area contributed by atoms with Gasteiger partial charge in [-0.2, -0.15) is 0 Å². The fraction of sp³-hybridized carbons (Fsp3) is 0.0811. The molecule has 0 bridgehead atoms. The van der Waals surface area contributed by atoms with E-state index in [9.17, 15) is 47.9 Å². The molecule has 6 aromatic carbocycles. The number of azo groups is 1. The Kier molecular flexibility index (Phi) is 15.2. The number of anilines is 2. The van der Waals surface area contributed by atoms with E-state index in [1.54, 1.807) is 74.5 Å². The molecule has 0 spiro atoms. The number of hydrogen-bond acceptors (Lipinski definition) is 14. The van der Waals surface area contributed by atoms with Crippen LogP contribution in [0.25, 0.3) is 10.8 Å². The van der Waals surface area contributed by atoms with Crippen molar-refractivity contribution in [1.29, 1.82) is 0 Å². The van der Waals surface area contributed by atoms with Gasteiger partial charge in [-0.25, -0.2) is 33.7 Å². The Morgan fingerprint density at radius 3 is 1.86 bits per heavy atom. The summed E-state index contributed by atoms with van der Waals surface area (Å²) in [5.74, 6) is -0.997. The van der Waals surface area contributed by atoms with Crippen LogP contribution >= 0.6 is 0 Å². The molecule has 0 radical (unpaired) electrons. The first kappa shape index (κ1) is 47.8. The van der Waals surface area contributed by atoms with Crippen LogP contribution in [0.2, 0.25) is 0 Å². The minimum Gasteiger partial charge on any atom is -0.744 e. The first-order valence-corrected chi connectivity index (χ1v) is 22.2. The third-order valence-corrected chi connectivity index (χ3v) is 13.3. The van der Waals surface area contributed by atoms with Crippen LogP contribution < -0.4 is 72.9 Å². The minimum absolute atomic E-state index is 0. The summed E-state index contributed by atoms with van der Waals surface area (Å²) in [5.41, 5.74) is -1.01. The van der Waals surface area contributed by atoms with Crippen LogP contribution in [0.1, 0.15) is 12.5 Å². The molecule has 0 atom stereocenters. The number of phenols is 1. The molecule has 6 rings (SSSR count). The van der Waals surface area contributed by atoms with Gasteiger partial charge in [0.2, 0.25) is 0 Å². The zero-order valence-corrected chi connectivity index (χ0v) is 38.9. The summed E-state index contributed by atoms with van der Waals surface area (Å²) < 4.78 is 138. The van der Waals surface area contributed by atoms with Crippen LogP contribution in [0.15, 0.2) is 151 Å². The topological polar surface area (TPSA) is 252 Å². The predicted molar refractivity (Wildman–Crippen MR) is 207 cm³/mol. The Morgan fingerprint density at radius 2 is 1.29 bits per heavy atom. The molecule has 0 fully saturated rings. The van der Waals surface area contributed by atoms with Gasteiger partial charge in [0, 0.05) is 6.54 Å². The van der Waals surface area contributed by atoms with Gasteiger partial charge in [0.05, 0.1) is 36.3 Å². The maximum absolute atomic E-state index is 13.9. The maximum atomic E-state index is 13.9. The summed E-state index contributed by atoms with van der Waals surface area (Å²) >= 11 is 0. The van der Waals surface area contributed by atoms with E-state index >= 15 is 0 Å². The third kappa shape index (κ3) is 10.7. The number of rotatable bonds is 13. The molecule has 2 N–H and O–H groups in total. The number of aryl methyl sites for hydroxylation is 1. The average Bonchev–Trinajstić information content (AvgIpc) is 3.15. The number of phenolic OH excluding ortho intramolecular Hbond substituents is 1. The van der Waals surface area contributed by atoms with Crippen molar-refractivity contribution in [2.45, 2.75) is 33.4 Å². The van der Waals surface area contributed by atoms with E-state index in [-0.39, 0.29) is 92.6 Å². The quantitative estimate of drug-likeness (QED) is 0.0932. The van der Waals surface area contributed by atoms with E-state index < -0.39 is 78.0 Å². The number of nitrogens with one attached hydrogen (secondary N) is 1. The van der Waals surface area contributed by atoms with E-state index in [1.165, 1.54) is 36.4 Å². The zero-order chi connectivity index (χ0) is 41.3. The molecule has 0 aliphatic carbocycles. The summed E-state index contributed by atoms with van der Waals surface area (Å²) in [6.07, 6.45) is 0. The van der Waals surface area contributed by atoms with Crippen LogP contribution in [-0.2, 0) is 40.3 Å². The number of benzene rings is 6. The second-order valence-electron chi connectivity index (χ2n) is 12.2. The van der Waals surface area contributed by atoms with Gasteiger partial charge >= 0.3 is 59.1 Å². The summed E-state index contributed by atoms with van der Waals surface area (Å²) in [6, 6.07) is 27.2. The van der Waals surface area contributed by atoms with Gasteiger partial charge in [0.1, 0.15) is 37.4 Å². The van der Waals surface area contributed by atoms with E-state index in [0.717, 1.165) is 10.4 Å². The molecular formula is C37H30N4Na2O12S4. The van der Waals surface area contributed by atoms with E-state index in [0.29, 0.717) is 29.4 Å². The van der Waals surface area contributed by atoms with E-state index in [2.05, 4.69) is 15.0 Å². The van der Waals surface area contributed by atoms with Crippen molar-refractivity contribution in [3.05, 3.63) is 127 Å². The fourth-order valence-corrected chi connectivity index (χ4v) is 9.38. The average molecular weight is 897 g/mol. The van der Waals surface area contributed by atoms with Gasteiger partial charge in [-0.15, -0.1) is 10.2 Å². The van der Waals surface area contributed by atoms with Crippen LogP contribution in [0.4, 0.5) is 22.7 Å². The van der Waals surface area contributed by atoms with E-state index in [4.69, 9.17) is 4.74 Å². The molecule has 6 aromatic rings. The fourth-order valence-electron chi connectivity index (χ4n) is 5.65. The van der Waals surface area contributed by atoms with Crippen LogP contribution in [0.3, 0.4) is 0 Å². The zero-order valence-electron chi connectivity index (χ0n) is 31.7. The van der Waals surface area contributed by atoms with Crippen molar-refractivity contribution in [3.8, 4) is 17.2 Å². The van der Waals surface area contributed by atoms with Gasteiger partial charge in [0.25, 0.3) is 20.0 Å². The number of sulfonamides is 2. The Balaban J connectivity index is 0.00000384. The molecule has 0 unspecified atom stereocenters. The molecule has 59 heavy (non-hydrogen) atoms. The number of aromatic hydroxyl groups is 1. The number of fused-ring (bicyclic) bond motifs is 1. The number of nitrogens with zero attached hydrogens (tertiary/aromatic N) is 3. The predicted octanol–water partition coefficient (Wildman–Crippen LogP) is 0.894. The smallest absolute Gasteiger partial charge is 0.744 e. The largest absolute Gasteiger partial charge is 1.00 e. The normalized spacial score (nSPS) is 12.1. The van der Waals surface area contributed by atoms with Gasteiger partial charge in [-0.05, 0) is 92.0 Å². The molecule has 22 heteroatoms. The summed E-state index contributed by atoms with van der Waals surface area (Å²) in [4.78, 5) is -2.89. The monoisotopic (exact) mass is 896 g/mol. The summed E-state index contributed by atoms with van der Waals surface area (Å²) in [6.45, 7) is 3.34. The molecule has 0 amide bonds. The number of para-hydroxylation sites is 2. The van der Waals surface area contributed by atoms with Gasteiger partial charge in [0.15, 0.2) is 11.5 Å². The van der Waals surface area contributed by atoms with Crippen LogP contribution in [-0.4, -0.2) is 54.4 Å². The van der Waals surface area contributed by atoms with Crippen LogP contribution in [0.5, 0.6) is 17.2 Å². The molecule has 296 valence electrons. The molecule has 16 nitrogen and oxygen atoms in total.